The molecule has 1 saturated carbocycles. The third-order valence-electron chi connectivity index (χ3n) is 6.82. The van der Waals surface area contributed by atoms with Gasteiger partial charge in [0.1, 0.15) is 0 Å². The van der Waals surface area contributed by atoms with E-state index in [-0.39, 0.29) is 5.75 Å². The Morgan fingerprint density at radius 2 is 1.69 bits per heavy atom. The molecule has 2 unspecified atom stereocenters. The topological polar surface area (TPSA) is 35.5 Å². The Bertz CT molecular complexity index is 1140. The molecule has 36 heavy (non-hydrogen) atoms. The maximum atomic E-state index is 14.3. The number of aryl methyl sites for hydroxylation is 1. The van der Waals surface area contributed by atoms with Gasteiger partial charge in [-0.15, -0.1) is 0 Å². The molecule has 0 spiro atoms. The van der Waals surface area contributed by atoms with Crippen LogP contribution in [0.4, 0.5) is 4.39 Å². The summed E-state index contributed by atoms with van der Waals surface area (Å²) in [6, 6.07) is 24.2. The van der Waals surface area contributed by atoms with Gasteiger partial charge in [0.15, 0.2) is 11.6 Å². The molecule has 0 aliphatic heterocycles. The molecule has 0 radical (unpaired) electrons. The van der Waals surface area contributed by atoms with Gasteiger partial charge in [-0.2, -0.15) is 0 Å². The van der Waals surface area contributed by atoms with Crippen molar-refractivity contribution in [3.8, 4) is 16.9 Å². The summed E-state index contributed by atoms with van der Waals surface area (Å²) in [4.78, 5) is 11.4. The van der Waals surface area contributed by atoms with Crippen molar-refractivity contribution in [1.29, 1.82) is 0 Å². The number of carbonyl (C=O) groups excluding carboxylic acids is 1. The number of hydrogen-bond donors (Lipinski definition) is 0. The summed E-state index contributed by atoms with van der Waals surface area (Å²) >= 11 is 0. The molecule has 1 fully saturated rings. The molecule has 3 aromatic rings. The van der Waals surface area contributed by atoms with Crippen molar-refractivity contribution in [3.63, 3.8) is 0 Å². The van der Waals surface area contributed by atoms with E-state index in [2.05, 4.69) is 48.5 Å². The number of ether oxygens (including phenoxy) is 2. The highest BCUT2D eigenvalue weighted by atomic mass is 19.1. The third-order valence-corrected chi connectivity index (χ3v) is 6.82. The molecule has 2 atom stereocenters. The third kappa shape index (κ3) is 7.81. The fourth-order valence-electron chi connectivity index (χ4n) is 4.66. The molecular formula is C32H35FO3. The zero-order valence-electron chi connectivity index (χ0n) is 21.0. The van der Waals surface area contributed by atoms with Crippen molar-refractivity contribution in [2.24, 2.45) is 11.8 Å². The minimum atomic E-state index is -0.435. The van der Waals surface area contributed by atoms with Gasteiger partial charge >= 0.3 is 5.97 Å². The predicted octanol–water partition coefficient (Wildman–Crippen LogP) is 7.89. The lowest BCUT2D eigenvalue weighted by Gasteiger charge is -2.08. The van der Waals surface area contributed by atoms with E-state index in [1.807, 2.05) is 6.07 Å². The first-order valence-electron chi connectivity index (χ1n) is 13.0. The smallest absolute Gasteiger partial charge is 0.330 e. The van der Waals surface area contributed by atoms with Crippen LogP contribution in [-0.2, 0) is 16.0 Å². The van der Waals surface area contributed by atoms with Gasteiger partial charge in [-0.25, -0.2) is 9.18 Å². The van der Waals surface area contributed by atoms with Crippen molar-refractivity contribution >= 4 is 12.0 Å². The lowest BCUT2D eigenvalue weighted by molar-refractivity contribution is -0.137. The first-order chi connectivity index (χ1) is 17.6. The van der Waals surface area contributed by atoms with Crippen molar-refractivity contribution < 1.29 is 18.7 Å². The molecule has 1 aliphatic carbocycles. The Morgan fingerprint density at radius 1 is 0.944 bits per heavy atom. The molecule has 0 aromatic heterocycles. The highest BCUT2D eigenvalue weighted by molar-refractivity contribution is 5.87. The average Bonchev–Trinajstić information content (AvgIpc) is 3.65. The largest absolute Gasteiger partial charge is 0.491 e. The first-order valence-corrected chi connectivity index (χ1v) is 13.0. The summed E-state index contributed by atoms with van der Waals surface area (Å²) in [5.41, 5.74) is 4.53. The molecule has 3 aromatic carbocycles. The van der Waals surface area contributed by atoms with Crippen LogP contribution in [-0.4, -0.2) is 19.2 Å². The van der Waals surface area contributed by atoms with Gasteiger partial charge in [0, 0.05) is 6.08 Å². The zero-order valence-corrected chi connectivity index (χ0v) is 21.0. The molecule has 4 heteroatoms. The van der Waals surface area contributed by atoms with Gasteiger partial charge in [0.05, 0.1) is 13.2 Å². The number of halogens is 1. The lowest BCUT2D eigenvalue weighted by atomic mass is 10.0. The maximum absolute atomic E-state index is 14.3. The van der Waals surface area contributed by atoms with Crippen LogP contribution in [0.2, 0.25) is 0 Å². The second-order valence-corrected chi connectivity index (χ2v) is 9.48. The zero-order chi connectivity index (χ0) is 25.2. The molecule has 1 aliphatic rings. The number of rotatable bonds is 13. The highest BCUT2D eigenvalue weighted by Gasteiger charge is 2.35. The summed E-state index contributed by atoms with van der Waals surface area (Å²) in [6.07, 6.45) is 9.92. The van der Waals surface area contributed by atoms with Crippen molar-refractivity contribution in [2.45, 2.75) is 45.4 Å². The highest BCUT2D eigenvalue weighted by Crippen LogP contribution is 2.44. The van der Waals surface area contributed by atoms with Crippen LogP contribution in [0, 0.1) is 17.7 Å². The Balaban J connectivity index is 1.10. The van der Waals surface area contributed by atoms with Crippen LogP contribution >= 0.6 is 0 Å². The van der Waals surface area contributed by atoms with Gasteiger partial charge < -0.3 is 9.47 Å². The van der Waals surface area contributed by atoms with Gasteiger partial charge in [-0.1, -0.05) is 73.5 Å². The van der Waals surface area contributed by atoms with Crippen molar-refractivity contribution in [2.75, 3.05) is 13.2 Å². The second-order valence-electron chi connectivity index (χ2n) is 9.48. The van der Waals surface area contributed by atoms with Crippen molar-refractivity contribution in [3.05, 3.63) is 95.8 Å². The molecular weight excluding hydrogens is 451 g/mol. The van der Waals surface area contributed by atoms with E-state index < -0.39 is 11.8 Å². The van der Waals surface area contributed by atoms with Gasteiger partial charge in [-0.05, 0) is 84.9 Å². The number of hydrogen-bond acceptors (Lipinski definition) is 3. The van der Waals surface area contributed by atoms with Crippen molar-refractivity contribution in [1.82, 2.24) is 0 Å². The predicted molar refractivity (Wildman–Crippen MR) is 143 cm³/mol. The van der Waals surface area contributed by atoms with Gasteiger partial charge in [-0.3, -0.25) is 0 Å². The van der Waals surface area contributed by atoms with E-state index in [1.165, 1.54) is 54.5 Å². The minimum Gasteiger partial charge on any atom is -0.491 e. The second kappa shape index (κ2) is 13.1. The molecule has 3 nitrogen and oxygen atoms in total. The quantitative estimate of drug-likeness (QED) is 0.140. The van der Waals surface area contributed by atoms with E-state index in [0.717, 1.165) is 18.8 Å². The molecule has 4 rings (SSSR count). The number of unbranched alkanes of at least 4 members (excludes halogenated alkanes) is 1. The normalized spacial score (nSPS) is 16.7. The summed E-state index contributed by atoms with van der Waals surface area (Å²) in [7, 11) is 0. The summed E-state index contributed by atoms with van der Waals surface area (Å²) < 4.78 is 24.8. The monoisotopic (exact) mass is 486 g/mol. The maximum Gasteiger partial charge on any atom is 0.330 e. The van der Waals surface area contributed by atoms with E-state index in [4.69, 9.17) is 9.47 Å². The first kappa shape index (κ1) is 25.7. The van der Waals surface area contributed by atoms with E-state index in [1.54, 1.807) is 25.1 Å². The summed E-state index contributed by atoms with van der Waals surface area (Å²) in [6.45, 7) is 2.59. The lowest BCUT2D eigenvalue weighted by Crippen LogP contribution is -2.01. The summed E-state index contributed by atoms with van der Waals surface area (Å²) in [5.74, 6) is 0.901. The average molecular weight is 487 g/mol. The number of carbonyl (C=O) groups is 1. The number of esters is 1. The van der Waals surface area contributed by atoms with Crippen LogP contribution in [0.3, 0.4) is 0 Å². The molecule has 0 saturated heterocycles. The van der Waals surface area contributed by atoms with Crippen LogP contribution in [0.25, 0.3) is 17.2 Å². The Labute approximate surface area is 214 Å². The summed E-state index contributed by atoms with van der Waals surface area (Å²) in [5, 5.41) is 0. The van der Waals surface area contributed by atoms with E-state index in [0.29, 0.717) is 24.7 Å². The standard InChI is InChI=1S/C32H35FO3/c1-2-35-32(34)19-15-25-14-18-31(30(33)22-25)36-21-20-29-23-28(29)11-7-6-8-24-12-16-27(17-13-24)26-9-4-3-5-10-26/h3-5,9-10,12-19,22,28-29H,2,6-8,11,20-21,23H2,1H3/b19-15+. The molecule has 0 amide bonds. The van der Waals surface area contributed by atoms with E-state index in [9.17, 15) is 9.18 Å². The van der Waals surface area contributed by atoms with Crippen LogP contribution < -0.4 is 4.74 Å². The van der Waals surface area contributed by atoms with E-state index >= 15 is 0 Å². The van der Waals surface area contributed by atoms with Crippen LogP contribution in [0.5, 0.6) is 5.75 Å². The fourth-order valence-corrected chi connectivity index (χ4v) is 4.66. The Morgan fingerprint density at radius 3 is 2.44 bits per heavy atom. The SMILES string of the molecule is CCOC(=O)/C=C/c1ccc(OCCC2CC2CCCCc2ccc(-c3ccccc3)cc2)c(F)c1. The van der Waals surface area contributed by atoms with Gasteiger partial charge in [0.2, 0.25) is 0 Å². The number of benzene rings is 3. The molecule has 0 bridgehead atoms. The van der Waals surface area contributed by atoms with Crippen LogP contribution in [0.15, 0.2) is 78.9 Å². The Hall–Kier alpha value is -3.40. The Kier molecular flexibility index (Phi) is 9.32. The van der Waals surface area contributed by atoms with Crippen LogP contribution in [0.1, 0.15) is 50.2 Å². The van der Waals surface area contributed by atoms with Gasteiger partial charge in [0.25, 0.3) is 0 Å². The minimum absolute atomic E-state index is 0.263. The fraction of sp³-hybridized carbons (Fsp3) is 0.344. The molecule has 0 heterocycles. The molecule has 0 N–H and O–H groups in total. The molecule has 188 valence electrons.